The highest BCUT2D eigenvalue weighted by Crippen LogP contribution is 2.42. The van der Waals surface area contributed by atoms with E-state index in [1.165, 1.54) is 79.8 Å². The number of imidazole rings is 1. The number of H-pyrrole nitrogens is 1. The van der Waals surface area contributed by atoms with Crippen LogP contribution in [0.3, 0.4) is 0 Å². The summed E-state index contributed by atoms with van der Waals surface area (Å²) < 4.78 is 0. The molecule has 3 aliphatic heterocycles. The lowest BCUT2D eigenvalue weighted by Gasteiger charge is -2.51. The zero-order chi connectivity index (χ0) is 16.4. The van der Waals surface area contributed by atoms with E-state index in [1.807, 2.05) is 6.33 Å². The fourth-order valence-corrected chi connectivity index (χ4v) is 7.37. The van der Waals surface area contributed by atoms with Crippen molar-refractivity contribution in [3.63, 3.8) is 0 Å². The summed E-state index contributed by atoms with van der Waals surface area (Å²) in [6.45, 7) is 7.18. The van der Waals surface area contributed by atoms with Gasteiger partial charge in [0.15, 0.2) is 0 Å². The number of fused-ring (bicyclic) bond motifs is 2. The summed E-state index contributed by atoms with van der Waals surface area (Å²) in [5.41, 5.74) is 2.97. The Morgan fingerprint density at radius 1 is 1.21 bits per heavy atom. The van der Waals surface area contributed by atoms with Crippen molar-refractivity contribution in [2.24, 2.45) is 0 Å². The molecule has 0 atom stereocenters. The van der Waals surface area contributed by atoms with Gasteiger partial charge in [0, 0.05) is 60.8 Å². The highest BCUT2D eigenvalue weighted by Gasteiger charge is 2.46. The van der Waals surface area contributed by atoms with Gasteiger partial charge in [0.25, 0.3) is 0 Å². The van der Waals surface area contributed by atoms with Crippen molar-refractivity contribution >= 4 is 23.5 Å². The first-order chi connectivity index (χ1) is 11.8. The van der Waals surface area contributed by atoms with Gasteiger partial charge in [-0.25, -0.2) is 4.98 Å². The quantitative estimate of drug-likeness (QED) is 0.890. The number of likely N-dealkylation sites (tertiary alicyclic amines) is 1. The van der Waals surface area contributed by atoms with Crippen LogP contribution in [0.15, 0.2) is 6.33 Å². The Morgan fingerprint density at radius 2 is 1.96 bits per heavy atom. The van der Waals surface area contributed by atoms with Crippen molar-refractivity contribution in [2.45, 2.75) is 44.2 Å². The number of aromatic nitrogens is 2. The standard InChI is InChI=1S/C18H30N4S2/c1-2-6-22-7-3-16-17(20-14-19-16)18(22)4-8-21(9-5-18)15-12-23-10-11-24-13-15/h14-15H,2-13H2,1H3,(H,19,20). The van der Waals surface area contributed by atoms with E-state index in [1.54, 1.807) is 0 Å². The summed E-state index contributed by atoms with van der Waals surface area (Å²) in [6, 6.07) is 0.779. The maximum Gasteiger partial charge on any atom is 0.0926 e. The third kappa shape index (κ3) is 3.15. The van der Waals surface area contributed by atoms with E-state index < -0.39 is 0 Å². The maximum atomic E-state index is 4.79. The number of thioether (sulfide) groups is 2. The molecule has 3 aliphatic rings. The summed E-state index contributed by atoms with van der Waals surface area (Å²) >= 11 is 4.31. The summed E-state index contributed by atoms with van der Waals surface area (Å²) in [5.74, 6) is 5.32. The van der Waals surface area contributed by atoms with Crippen LogP contribution in [0.5, 0.6) is 0 Å². The van der Waals surface area contributed by atoms with Gasteiger partial charge in [0.1, 0.15) is 0 Å². The third-order valence-electron chi connectivity index (χ3n) is 6.02. The number of hydrogen-bond acceptors (Lipinski definition) is 5. The maximum absolute atomic E-state index is 4.79. The topological polar surface area (TPSA) is 35.2 Å². The first kappa shape index (κ1) is 17.3. The van der Waals surface area contributed by atoms with Crippen LogP contribution in [0.1, 0.15) is 37.6 Å². The van der Waals surface area contributed by atoms with Gasteiger partial charge in [0.05, 0.1) is 17.6 Å². The van der Waals surface area contributed by atoms with Crippen LogP contribution in [0.2, 0.25) is 0 Å². The average molecular weight is 367 g/mol. The number of rotatable bonds is 3. The first-order valence-electron chi connectivity index (χ1n) is 9.51. The van der Waals surface area contributed by atoms with Crippen molar-refractivity contribution in [2.75, 3.05) is 49.2 Å². The van der Waals surface area contributed by atoms with Gasteiger partial charge in [-0.3, -0.25) is 9.80 Å². The summed E-state index contributed by atoms with van der Waals surface area (Å²) in [6.07, 6.45) is 6.79. The normalized spacial score (nSPS) is 26.4. The molecule has 0 aliphatic carbocycles. The molecule has 4 heterocycles. The molecule has 0 radical (unpaired) electrons. The molecule has 0 saturated carbocycles. The van der Waals surface area contributed by atoms with Crippen molar-refractivity contribution in [1.82, 2.24) is 19.8 Å². The molecular formula is C18H30N4S2. The lowest BCUT2D eigenvalue weighted by atomic mass is 9.78. The van der Waals surface area contributed by atoms with E-state index in [2.05, 4.69) is 45.2 Å². The van der Waals surface area contributed by atoms with E-state index >= 15 is 0 Å². The summed E-state index contributed by atoms with van der Waals surface area (Å²) in [7, 11) is 0. The Balaban J connectivity index is 1.51. The number of nitrogens with zero attached hydrogens (tertiary/aromatic N) is 3. The number of hydrogen-bond donors (Lipinski definition) is 1. The lowest BCUT2D eigenvalue weighted by molar-refractivity contribution is -0.00107. The Morgan fingerprint density at radius 3 is 2.67 bits per heavy atom. The molecule has 4 rings (SSSR count). The minimum absolute atomic E-state index is 0.200. The molecule has 0 unspecified atom stereocenters. The third-order valence-corrected chi connectivity index (χ3v) is 8.51. The molecule has 24 heavy (non-hydrogen) atoms. The average Bonchev–Trinajstić information content (AvgIpc) is 2.94. The van der Waals surface area contributed by atoms with Gasteiger partial charge >= 0.3 is 0 Å². The zero-order valence-electron chi connectivity index (χ0n) is 14.8. The highest BCUT2D eigenvalue weighted by atomic mass is 32.2. The largest absolute Gasteiger partial charge is 0.348 e. The van der Waals surface area contributed by atoms with Crippen LogP contribution in [0.25, 0.3) is 0 Å². The molecule has 134 valence electrons. The Labute approximate surface area is 154 Å². The fraction of sp³-hybridized carbons (Fsp3) is 0.833. The molecule has 0 amide bonds. The van der Waals surface area contributed by atoms with Gasteiger partial charge in [-0.15, -0.1) is 0 Å². The van der Waals surface area contributed by atoms with Crippen LogP contribution in [-0.2, 0) is 12.0 Å². The van der Waals surface area contributed by atoms with Crippen molar-refractivity contribution < 1.29 is 0 Å². The Bertz CT molecular complexity index is 531. The monoisotopic (exact) mass is 366 g/mol. The predicted octanol–water partition coefficient (Wildman–Crippen LogP) is 2.82. The van der Waals surface area contributed by atoms with Crippen LogP contribution in [0, 0.1) is 0 Å². The van der Waals surface area contributed by atoms with Gasteiger partial charge in [-0.1, -0.05) is 6.92 Å². The molecular weight excluding hydrogens is 336 g/mol. The van der Waals surface area contributed by atoms with Gasteiger partial charge < -0.3 is 4.98 Å². The predicted molar refractivity (Wildman–Crippen MR) is 105 cm³/mol. The molecule has 4 nitrogen and oxygen atoms in total. The molecule has 1 aromatic rings. The minimum atomic E-state index is 0.200. The molecule has 1 aromatic heterocycles. The SMILES string of the molecule is CCCN1CCc2[nH]cnc2C12CCN(C1CSCCSC1)CC2. The number of nitrogens with one attached hydrogen (secondary N) is 1. The van der Waals surface area contributed by atoms with E-state index in [0.717, 1.165) is 12.5 Å². The fourth-order valence-electron chi connectivity index (χ4n) is 4.75. The smallest absolute Gasteiger partial charge is 0.0926 e. The molecule has 2 saturated heterocycles. The highest BCUT2D eigenvalue weighted by molar-refractivity contribution is 8.03. The van der Waals surface area contributed by atoms with Crippen LogP contribution < -0.4 is 0 Å². The van der Waals surface area contributed by atoms with E-state index in [4.69, 9.17) is 4.98 Å². The van der Waals surface area contributed by atoms with Crippen LogP contribution >= 0.6 is 23.5 Å². The Kier molecular flexibility index (Phi) is 5.47. The second kappa shape index (κ2) is 7.60. The molecule has 2 fully saturated rings. The zero-order valence-corrected chi connectivity index (χ0v) is 16.4. The summed E-state index contributed by atoms with van der Waals surface area (Å²) in [5, 5.41) is 0. The number of aromatic amines is 1. The lowest BCUT2D eigenvalue weighted by Crippen LogP contribution is -2.58. The number of piperidine rings is 1. The second-order valence-electron chi connectivity index (χ2n) is 7.34. The van der Waals surface area contributed by atoms with Gasteiger partial charge in [-0.05, 0) is 25.8 Å². The van der Waals surface area contributed by atoms with E-state index in [0.29, 0.717) is 0 Å². The van der Waals surface area contributed by atoms with Crippen molar-refractivity contribution in [3.8, 4) is 0 Å². The van der Waals surface area contributed by atoms with Crippen LogP contribution in [-0.4, -0.2) is 75.0 Å². The van der Waals surface area contributed by atoms with Crippen molar-refractivity contribution in [1.29, 1.82) is 0 Å². The van der Waals surface area contributed by atoms with E-state index in [9.17, 15) is 0 Å². The molecule has 6 heteroatoms. The first-order valence-corrected chi connectivity index (χ1v) is 11.8. The summed E-state index contributed by atoms with van der Waals surface area (Å²) in [4.78, 5) is 13.7. The van der Waals surface area contributed by atoms with Gasteiger partial charge in [0.2, 0.25) is 0 Å². The van der Waals surface area contributed by atoms with Gasteiger partial charge in [-0.2, -0.15) is 23.5 Å². The molecule has 1 N–H and O–H groups in total. The molecule has 1 spiro atoms. The minimum Gasteiger partial charge on any atom is -0.348 e. The van der Waals surface area contributed by atoms with Crippen LogP contribution in [0.4, 0.5) is 0 Å². The van der Waals surface area contributed by atoms with Crippen molar-refractivity contribution in [3.05, 3.63) is 17.7 Å². The second-order valence-corrected chi connectivity index (χ2v) is 9.64. The Hall–Kier alpha value is -0.170. The van der Waals surface area contributed by atoms with E-state index in [-0.39, 0.29) is 5.54 Å². The molecule has 0 bridgehead atoms. The molecule has 0 aromatic carbocycles.